The predicted molar refractivity (Wildman–Crippen MR) is 147 cm³/mol. The minimum atomic E-state index is -1.82. The highest BCUT2D eigenvalue weighted by Crippen LogP contribution is 2.33. The molecule has 6 atom stereocenters. The van der Waals surface area contributed by atoms with E-state index in [0.29, 0.717) is 12.3 Å². The van der Waals surface area contributed by atoms with Gasteiger partial charge in [0.1, 0.15) is 43.4 Å². The van der Waals surface area contributed by atoms with Crippen molar-refractivity contribution < 1.29 is 49.3 Å². The second-order valence-corrected chi connectivity index (χ2v) is 9.67. The molecule has 0 radical (unpaired) electrons. The number of aliphatic hydroxyl groups is 4. The molecule has 0 spiro atoms. The van der Waals surface area contributed by atoms with Crippen molar-refractivity contribution >= 4 is 27.8 Å². The number of aliphatic hydroxyl groups excluding tert-OH is 4. The first-order chi connectivity index (χ1) is 19.8. The summed E-state index contributed by atoms with van der Waals surface area (Å²) in [5.41, 5.74) is 1.97. The maximum atomic E-state index is 11.3. The SMILES string of the molecule is O=C(O)[C@H]1O[C@@H](Oc2ccccc2OCCNCC(O)COc2cccc3[nH]c4ccccc4c23)[C@H](O)[C@@H](O)[C@@H]1O. The summed E-state index contributed by atoms with van der Waals surface area (Å²) in [5, 5.41) is 54.9. The molecule has 1 aromatic heterocycles. The van der Waals surface area contributed by atoms with Crippen LogP contribution in [0, 0.1) is 0 Å². The van der Waals surface area contributed by atoms with E-state index in [1.165, 1.54) is 6.07 Å². The minimum absolute atomic E-state index is 0.0880. The summed E-state index contributed by atoms with van der Waals surface area (Å²) < 4.78 is 22.5. The molecule has 0 saturated carbocycles. The topological polar surface area (TPSA) is 183 Å². The molecule has 7 N–H and O–H groups in total. The molecule has 218 valence electrons. The van der Waals surface area contributed by atoms with Crippen molar-refractivity contribution in [3.05, 3.63) is 66.7 Å². The third-order valence-corrected chi connectivity index (χ3v) is 6.74. The number of hydrogen-bond donors (Lipinski definition) is 7. The van der Waals surface area contributed by atoms with Crippen LogP contribution in [0.3, 0.4) is 0 Å². The summed E-state index contributed by atoms with van der Waals surface area (Å²) in [7, 11) is 0. The van der Waals surface area contributed by atoms with Crippen molar-refractivity contribution in [1.29, 1.82) is 0 Å². The molecule has 1 fully saturated rings. The van der Waals surface area contributed by atoms with Crippen LogP contribution in [0.15, 0.2) is 66.7 Å². The Hall–Kier alpha value is -3.91. The summed E-state index contributed by atoms with van der Waals surface area (Å²) in [6.07, 6.45) is -9.40. The minimum Gasteiger partial charge on any atom is -0.490 e. The highest BCUT2D eigenvalue weighted by molar-refractivity contribution is 6.10. The van der Waals surface area contributed by atoms with Gasteiger partial charge in [0.15, 0.2) is 17.6 Å². The Morgan fingerprint density at radius 1 is 0.878 bits per heavy atom. The molecule has 0 bridgehead atoms. The first-order valence-electron chi connectivity index (χ1n) is 13.2. The molecule has 1 aliphatic heterocycles. The Bertz CT molecular complexity index is 1480. The third kappa shape index (κ3) is 6.38. The van der Waals surface area contributed by atoms with Gasteiger partial charge in [-0.15, -0.1) is 0 Å². The first-order valence-corrected chi connectivity index (χ1v) is 13.2. The fourth-order valence-corrected chi connectivity index (χ4v) is 4.68. The Labute approximate surface area is 234 Å². The van der Waals surface area contributed by atoms with Crippen LogP contribution in [0.1, 0.15) is 0 Å². The zero-order valence-corrected chi connectivity index (χ0v) is 21.9. The lowest BCUT2D eigenvalue weighted by molar-refractivity contribution is -0.271. The molecule has 1 unspecified atom stereocenters. The zero-order valence-electron chi connectivity index (χ0n) is 21.9. The van der Waals surface area contributed by atoms with Crippen LogP contribution in [-0.4, -0.2) is 99.6 Å². The number of carboxylic acid groups (broad SMARTS) is 1. The smallest absolute Gasteiger partial charge is 0.335 e. The fourth-order valence-electron chi connectivity index (χ4n) is 4.68. The number of nitrogens with one attached hydrogen (secondary N) is 2. The molecule has 12 nitrogen and oxygen atoms in total. The molecular formula is C29H32N2O10. The van der Waals surface area contributed by atoms with Gasteiger partial charge >= 0.3 is 5.97 Å². The second-order valence-electron chi connectivity index (χ2n) is 9.67. The van der Waals surface area contributed by atoms with Crippen LogP contribution in [0.5, 0.6) is 17.2 Å². The Kier molecular flexibility index (Phi) is 8.88. The van der Waals surface area contributed by atoms with Crippen molar-refractivity contribution in [2.24, 2.45) is 0 Å². The van der Waals surface area contributed by atoms with E-state index in [9.17, 15) is 30.3 Å². The highest BCUT2D eigenvalue weighted by Gasteiger charge is 2.48. The third-order valence-electron chi connectivity index (χ3n) is 6.74. The van der Waals surface area contributed by atoms with Gasteiger partial charge in [0.05, 0.1) is 5.52 Å². The molecule has 3 aromatic carbocycles. The van der Waals surface area contributed by atoms with Crippen LogP contribution in [0.4, 0.5) is 0 Å². The molecule has 0 aliphatic carbocycles. The monoisotopic (exact) mass is 568 g/mol. The maximum absolute atomic E-state index is 11.3. The lowest BCUT2D eigenvalue weighted by Crippen LogP contribution is -2.61. The average Bonchev–Trinajstić information content (AvgIpc) is 3.36. The van der Waals surface area contributed by atoms with Crippen LogP contribution >= 0.6 is 0 Å². The Morgan fingerprint density at radius 2 is 1.59 bits per heavy atom. The number of hydrogen-bond acceptors (Lipinski definition) is 10. The van der Waals surface area contributed by atoms with Gasteiger partial charge in [0.25, 0.3) is 0 Å². The van der Waals surface area contributed by atoms with E-state index in [1.807, 2.05) is 42.5 Å². The van der Waals surface area contributed by atoms with Crippen molar-refractivity contribution in [2.75, 3.05) is 26.3 Å². The quantitative estimate of drug-likeness (QED) is 0.121. The van der Waals surface area contributed by atoms with E-state index in [1.54, 1.807) is 18.2 Å². The molecule has 1 aliphatic rings. The lowest BCUT2D eigenvalue weighted by atomic mass is 9.99. The first kappa shape index (κ1) is 28.6. The second kappa shape index (κ2) is 12.7. The number of ether oxygens (including phenoxy) is 4. The molecule has 0 amide bonds. The van der Waals surface area contributed by atoms with Gasteiger partial charge in [0.2, 0.25) is 6.29 Å². The molecule has 5 rings (SSSR count). The number of aromatic amines is 1. The van der Waals surface area contributed by atoms with Crippen LogP contribution in [0.25, 0.3) is 21.8 Å². The number of aromatic nitrogens is 1. The van der Waals surface area contributed by atoms with Gasteiger partial charge in [-0.2, -0.15) is 0 Å². The maximum Gasteiger partial charge on any atom is 0.335 e. The fraction of sp³-hybridized carbons (Fsp3) is 0.345. The van der Waals surface area contributed by atoms with Gasteiger partial charge in [-0.25, -0.2) is 4.79 Å². The van der Waals surface area contributed by atoms with Gasteiger partial charge in [-0.3, -0.25) is 0 Å². The molecule has 2 heterocycles. The lowest BCUT2D eigenvalue weighted by Gasteiger charge is -2.38. The van der Waals surface area contributed by atoms with E-state index in [0.717, 1.165) is 21.8 Å². The highest BCUT2D eigenvalue weighted by atomic mass is 16.7. The number of carboxylic acids is 1. The molecule has 4 aromatic rings. The standard InChI is InChI=1S/C29H32N2O10/c32-16(15-39-22-11-5-8-19-23(22)17-6-1-2-7-18(17)31-19)14-30-12-13-38-20-9-3-4-10-21(20)40-29-26(35)24(33)25(34)27(41-29)28(36)37/h1-11,16,24-27,29-35H,12-15H2,(H,36,37)/t16?,24-,25-,26+,27-,29+/m0/s1. The van der Waals surface area contributed by atoms with Crippen molar-refractivity contribution in [2.45, 2.75) is 36.8 Å². The van der Waals surface area contributed by atoms with Crippen molar-refractivity contribution in [3.8, 4) is 17.2 Å². The normalized spacial score (nSPS) is 23.4. The summed E-state index contributed by atoms with van der Waals surface area (Å²) in [5.74, 6) is -0.393. The number of aliphatic carboxylic acids is 1. The Morgan fingerprint density at radius 3 is 2.39 bits per heavy atom. The van der Waals surface area contributed by atoms with E-state index in [4.69, 9.17) is 18.9 Å². The summed E-state index contributed by atoms with van der Waals surface area (Å²) in [4.78, 5) is 14.7. The van der Waals surface area contributed by atoms with Crippen molar-refractivity contribution in [1.82, 2.24) is 10.3 Å². The van der Waals surface area contributed by atoms with Gasteiger partial charge in [-0.05, 0) is 30.3 Å². The molecule has 12 heteroatoms. The number of fused-ring (bicyclic) bond motifs is 3. The summed E-state index contributed by atoms with van der Waals surface area (Å²) >= 11 is 0. The molecule has 1 saturated heterocycles. The van der Waals surface area contributed by atoms with Crippen LogP contribution in [-0.2, 0) is 9.53 Å². The zero-order chi connectivity index (χ0) is 28.9. The Balaban J connectivity index is 1.09. The molecular weight excluding hydrogens is 536 g/mol. The van der Waals surface area contributed by atoms with E-state index in [2.05, 4.69) is 10.3 Å². The predicted octanol–water partition coefficient (Wildman–Crippen LogP) is 1.00. The molecule has 41 heavy (non-hydrogen) atoms. The van der Waals surface area contributed by atoms with Gasteiger partial charge in [-0.1, -0.05) is 36.4 Å². The van der Waals surface area contributed by atoms with Crippen LogP contribution in [0.2, 0.25) is 0 Å². The average molecular weight is 569 g/mol. The summed E-state index contributed by atoms with van der Waals surface area (Å²) in [6.45, 7) is 0.906. The number of carbonyl (C=O) groups is 1. The summed E-state index contributed by atoms with van der Waals surface area (Å²) in [6, 6.07) is 20.2. The number of H-pyrrole nitrogens is 1. The van der Waals surface area contributed by atoms with Gasteiger partial charge in [0, 0.05) is 29.4 Å². The number of benzene rings is 3. The van der Waals surface area contributed by atoms with E-state index >= 15 is 0 Å². The van der Waals surface area contributed by atoms with Crippen LogP contribution < -0.4 is 19.5 Å². The number of para-hydroxylation sites is 3. The van der Waals surface area contributed by atoms with Crippen molar-refractivity contribution in [3.63, 3.8) is 0 Å². The number of rotatable bonds is 12. The largest absolute Gasteiger partial charge is 0.490 e. The van der Waals surface area contributed by atoms with E-state index < -0.39 is 42.8 Å². The van der Waals surface area contributed by atoms with E-state index in [-0.39, 0.29) is 31.3 Å². The van der Waals surface area contributed by atoms with Gasteiger partial charge < -0.3 is 54.8 Å².